The van der Waals surface area contributed by atoms with Gasteiger partial charge in [-0.1, -0.05) is 6.07 Å². The molecule has 0 amide bonds. The van der Waals surface area contributed by atoms with Crippen LogP contribution in [0.1, 0.15) is 24.4 Å². The first kappa shape index (κ1) is 16.4. The van der Waals surface area contributed by atoms with Crippen molar-refractivity contribution in [3.8, 4) is 0 Å². The standard InChI is InChI=1S/C15H22Br2N2O/c1-20-10-11-4-6-19(7-5-11)15(9-18)12-2-3-13(16)14(17)8-12/h2-3,8,11,15H,4-7,9-10,18H2,1H3. The minimum Gasteiger partial charge on any atom is -0.384 e. The SMILES string of the molecule is COCC1CCN(C(CN)c2ccc(Br)c(Br)c2)CC1. The second-order valence-corrected chi connectivity index (χ2v) is 7.07. The summed E-state index contributed by atoms with van der Waals surface area (Å²) in [6.07, 6.45) is 2.39. The highest BCUT2D eigenvalue weighted by Crippen LogP contribution is 2.30. The molecule has 1 atom stereocenters. The van der Waals surface area contributed by atoms with E-state index < -0.39 is 0 Å². The van der Waals surface area contributed by atoms with E-state index >= 15 is 0 Å². The summed E-state index contributed by atoms with van der Waals surface area (Å²) in [4.78, 5) is 2.50. The van der Waals surface area contributed by atoms with Gasteiger partial charge in [-0.3, -0.25) is 4.90 Å². The highest BCUT2D eigenvalue weighted by Gasteiger charge is 2.25. The first-order valence-electron chi connectivity index (χ1n) is 7.03. The van der Waals surface area contributed by atoms with Gasteiger partial charge in [0.1, 0.15) is 0 Å². The molecule has 0 saturated carbocycles. The summed E-state index contributed by atoms with van der Waals surface area (Å²) in [6.45, 7) is 3.74. The second-order valence-electron chi connectivity index (χ2n) is 5.36. The lowest BCUT2D eigenvalue weighted by Crippen LogP contribution is -2.40. The highest BCUT2D eigenvalue weighted by atomic mass is 79.9. The van der Waals surface area contributed by atoms with Gasteiger partial charge in [0.25, 0.3) is 0 Å². The number of piperidine rings is 1. The van der Waals surface area contributed by atoms with Crippen molar-refractivity contribution in [2.45, 2.75) is 18.9 Å². The van der Waals surface area contributed by atoms with Gasteiger partial charge in [0.2, 0.25) is 0 Å². The molecule has 5 heteroatoms. The fourth-order valence-electron chi connectivity index (χ4n) is 2.88. The van der Waals surface area contributed by atoms with E-state index in [0.717, 1.165) is 28.6 Å². The average Bonchev–Trinajstić information content (AvgIpc) is 2.46. The predicted octanol–water partition coefficient (Wildman–Crippen LogP) is 3.57. The van der Waals surface area contributed by atoms with Crippen molar-refractivity contribution in [2.75, 3.05) is 33.4 Å². The van der Waals surface area contributed by atoms with Gasteiger partial charge in [0.05, 0.1) is 0 Å². The number of likely N-dealkylation sites (tertiary alicyclic amines) is 1. The van der Waals surface area contributed by atoms with E-state index in [2.05, 4.69) is 55.0 Å². The van der Waals surface area contributed by atoms with Crippen LogP contribution in [0.5, 0.6) is 0 Å². The normalized spacial score (nSPS) is 19.2. The molecule has 0 bridgehead atoms. The van der Waals surface area contributed by atoms with E-state index in [-0.39, 0.29) is 0 Å². The number of hydrogen-bond donors (Lipinski definition) is 1. The van der Waals surface area contributed by atoms with E-state index in [4.69, 9.17) is 10.5 Å². The topological polar surface area (TPSA) is 38.5 Å². The van der Waals surface area contributed by atoms with Gasteiger partial charge in [0, 0.05) is 35.2 Å². The molecule has 2 rings (SSSR count). The van der Waals surface area contributed by atoms with Crippen LogP contribution in [-0.2, 0) is 4.74 Å². The van der Waals surface area contributed by atoms with Crippen LogP contribution in [-0.4, -0.2) is 38.3 Å². The summed E-state index contributed by atoms with van der Waals surface area (Å²) in [6, 6.07) is 6.72. The fourth-order valence-corrected chi connectivity index (χ4v) is 3.53. The Kier molecular flexibility index (Phi) is 6.49. The maximum Gasteiger partial charge on any atom is 0.0491 e. The summed E-state index contributed by atoms with van der Waals surface area (Å²) in [7, 11) is 1.79. The third kappa shape index (κ3) is 4.04. The van der Waals surface area contributed by atoms with E-state index in [1.165, 1.54) is 18.4 Å². The zero-order valence-electron chi connectivity index (χ0n) is 11.8. The number of halogens is 2. The molecule has 1 aromatic rings. The highest BCUT2D eigenvalue weighted by molar-refractivity contribution is 9.13. The van der Waals surface area contributed by atoms with Gasteiger partial charge in [0.15, 0.2) is 0 Å². The Morgan fingerprint density at radius 3 is 2.55 bits per heavy atom. The van der Waals surface area contributed by atoms with Crippen LogP contribution >= 0.6 is 31.9 Å². The Bertz CT molecular complexity index is 434. The first-order chi connectivity index (χ1) is 9.65. The molecule has 1 heterocycles. The summed E-state index contributed by atoms with van der Waals surface area (Å²) >= 11 is 7.09. The zero-order chi connectivity index (χ0) is 14.5. The molecule has 112 valence electrons. The van der Waals surface area contributed by atoms with Gasteiger partial charge in [-0.05, 0) is 81.4 Å². The van der Waals surface area contributed by atoms with E-state index in [1.54, 1.807) is 7.11 Å². The van der Waals surface area contributed by atoms with Crippen LogP contribution in [0.3, 0.4) is 0 Å². The number of nitrogens with two attached hydrogens (primary N) is 1. The molecule has 1 aromatic carbocycles. The van der Waals surface area contributed by atoms with Crippen molar-refractivity contribution >= 4 is 31.9 Å². The molecule has 3 nitrogen and oxygen atoms in total. The number of hydrogen-bond acceptors (Lipinski definition) is 3. The zero-order valence-corrected chi connectivity index (χ0v) is 15.0. The molecular weight excluding hydrogens is 384 g/mol. The number of methoxy groups -OCH3 is 1. The fraction of sp³-hybridized carbons (Fsp3) is 0.600. The lowest BCUT2D eigenvalue weighted by atomic mass is 9.95. The molecule has 0 aliphatic carbocycles. The number of ether oxygens (including phenoxy) is 1. The summed E-state index contributed by atoms with van der Waals surface area (Å²) < 4.78 is 7.43. The van der Waals surface area contributed by atoms with Crippen LogP contribution in [0, 0.1) is 5.92 Å². The number of nitrogens with zero attached hydrogens (tertiary/aromatic N) is 1. The van der Waals surface area contributed by atoms with Crippen LogP contribution < -0.4 is 5.73 Å². The van der Waals surface area contributed by atoms with Crippen molar-refractivity contribution in [1.29, 1.82) is 0 Å². The van der Waals surface area contributed by atoms with E-state index in [0.29, 0.717) is 18.5 Å². The largest absolute Gasteiger partial charge is 0.384 e. The lowest BCUT2D eigenvalue weighted by Gasteiger charge is -2.37. The Morgan fingerprint density at radius 2 is 2.00 bits per heavy atom. The quantitative estimate of drug-likeness (QED) is 0.813. The predicted molar refractivity (Wildman–Crippen MR) is 89.8 cm³/mol. The molecule has 2 N–H and O–H groups in total. The van der Waals surface area contributed by atoms with E-state index in [1.807, 2.05) is 0 Å². The van der Waals surface area contributed by atoms with Crippen LogP contribution in [0.4, 0.5) is 0 Å². The van der Waals surface area contributed by atoms with Crippen molar-refractivity contribution < 1.29 is 4.74 Å². The molecule has 1 saturated heterocycles. The van der Waals surface area contributed by atoms with Gasteiger partial charge in [-0.15, -0.1) is 0 Å². The smallest absolute Gasteiger partial charge is 0.0491 e. The van der Waals surface area contributed by atoms with Crippen LogP contribution in [0.15, 0.2) is 27.1 Å². The second kappa shape index (κ2) is 7.90. The molecular formula is C15H22Br2N2O. The van der Waals surface area contributed by atoms with Gasteiger partial charge < -0.3 is 10.5 Å². The number of benzene rings is 1. The van der Waals surface area contributed by atoms with Crippen molar-refractivity contribution in [1.82, 2.24) is 4.90 Å². The van der Waals surface area contributed by atoms with Crippen molar-refractivity contribution in [2.24, 2.45) is 11.7 Å². The van der Waals surface area contributed by atoms with Gasteiger partial charge >= 0.3 is 0 Å². The Hall–Kier alpha value is 0.0600. The van der Waals surface area contributed by atoms with Gasteiger partial charge in [-0.2, -0.15) is 0 Å². The molecule has 1 unspecified atom stereocenters. The Balaban J connectivity index is 2.03. The molecule has 1 aliphatic heterocycles. The van der Waals surface area contributed by atoms with E-state index in [9.17, 15) is 0 Å². The van der Waals surface area contributed by atoms with Crippen LogP contribution in [0.2, 0.25) is 0 Å². The van der Waals surface area contributed by atoms with Crippen molar-refractivity contribution in [3.63, 3.8) is 0 Å². The minimum atomic E-state index is 0.308. The van der Waals surface area contributed by atoms with Crippen molar-refractivity contribution in [3.05, 3.63) is 32.7 Å². The Labute approximate surface area is 138 Å². The molecule has 1 aliphatic rings. The third-order valence-corrected chi connectivity index (χ3v) is 5.92. The van der Waals surface area contributed by atoms with Gasteiger partial charge in [-0.25, -0.2) is 0 Å². The maximum absolute atomic E-state index is 6.02. The molecule has 0 spiro atoms. The molecule has 0 radical (unpaired) electrons. The first-order valence-corrected chi connectivity index (χ1v) is 8.62. The molecule has 20 heavy (non-hydrogen) atoms. The van der Waals surface area contributed by atoms with Crippen LogP contribution in [0.25, 0.3) is 0 Å². The monoisotopic (exact) mass is 404 g/mol. The molecule has 0 aromatic heterocycles. The minimum absolute atomic E-state index is 0.308. The third-order valence-electron chi connectivity index (χ3n) is 4.04. The maximum atomic E-state index is 6.02. The molecule has 1 fully saturated rings. The number of rotatable bonds is 5. The summed E-state index contributed by atoms with van der Waals surface area (Å²) in [5, 5.41) is 0. The lowest BCUT2D eigenvalue weighted by molar-refractivity contribution is 0.0810. The summed E-state index contributed by atoms with van der Waals surface area (Å²) in [5.74, 6) is 0.700. The Morgan fingerprint density at radius 1 is 1.30 bits per heavy atom. The summed E-state index contributed by atoms with van der Waals surface area (Å²) in [5.41, 5.74) is 7.31. The average molecular weight is 406 g/mol.